The zero-order chi connectivity index (χ0) is 19.0. The molecule has 0 radical (unpaired) electrons. The van der Waals surface area contributed by atoms with Crippen molar-refractivity contribution in [2.75, 3.05) is 13.2 Å². The van der Waals surface area contributed by atoms with Gasteiger partial charge in [0, 0.05) is 29.7 Å². The van der Waals surface area contributed by atoms with Gasteiger partial charge in [0.15, 0.2) is 0 Å². The van der Waals surface area contributed by atoms with E-state index in [9.17, 15) is 9.90 Å². The minimum absolute atomic E-state index is 0.0727. The third-order valence-corrected chi connectivity index (χ3v) is 4.50. The molecule has 1 aliphatic rings. The first-order valence-electron chi connectivity index (χ1n) is 8.98. The van der Waals surface area contributed by atoms with E-state index in [4.69, 9.17) is 4.84 Å². The largest absolute Gasteiger partial charge is 0.507 e. The Hall–Kier alpha value is -1.81. The maximum Gasteiger partial charge on any atom is 0.273 e. The maximum absolute atomic E-state index is 12.5. The maximum atomic E-state index is 12.5. The highest BCUT2D eigenvalue weighted by molar-refractivity contribution is 5.97. The molecule has 1 heterocycles. The van der Waals surface area contributed by atoms with Crippen LogP contribution in [0.4, 0.5) is 0 Å². The number of carbonyl (C=O) groups is 1. The zero-order valence-corrected chi connectivity index (χ0v) is 16.6. The summed E-state index contributed by atoms with van der Waals surface area (Å²) >= 11 is 0. The van der Waals surface area contributed by atoms with Gasteiger partial charge in [0.2, 0.25) is 0 Å². The molecule has 1 aromatic carbocycles. The highest BCUT2D eigenvalue weighted by Gasteiger charge is 2.27. The molecule has 25 heavy (non-hydrogen) atoms. The second-order valence-electron chi connectivity index (χ2n) is 8.72. The molecular formula is C21H31NO3. The van der Waals surface area contributed by atoms with Crippen molar-refractivity contribution in [3.63, 3.8) is 0 Å². The van der Waals surface area contributed by atoms with Gasteiger partial charge in [-0.1, -0.05) is 41.5 Å². The molecule has 2 rings (SSSR count). The molecule has 1 N–H and O–H groups in total. The fraction of sp³-hybridized carbons (Fsp3) is 0.571. The Morgan fingerprint density at radius 1 is 1.12 bits per heavy atom. The van der Waals surface area contributed by atoms with Crippen molar-refractivity contribution in [3.8, 4) is 5.75 Å². The molecule has 0 saturated carbocycles. The van der Waals surface area contributed by atoms with Crippen molar-refractivity contribution in [2.24, 2.45) is 0 Å². The Bertz CT molecular complexity index is 655. The van der Waals surface area contributed by atoms with Crippen molar-refractivity contribution in [2.45, 2.75) is 65.7 Å². The van der Waals surface area contributed by atoms with Crippen LogP contribution in [0.2, 0.25) is 0 Å². The number of carbonyl (C=O) groups excluding carboxylic acids is 1. The average molecular weight is 345 g/mol. The van der Waals surface area contributed by atoms with Gasteiger partial charge in [-0.15, -0.1) is 0 Å². The van der Waals surface area contributed by atoms with Crippen LogP contribution in [0.1, 0.15) is 71.6 Å². The molecule has 1 aromatic rings. The first kappa shape index (κ1) is 19.5. The second kappa shape index (κ2) is 6.83. The number of rotatable bonds is 2. The second-order valence-corrected chi connectivity index (χ2v) is 8.72. The monoisotopic (exact) mass is 345 g/mol. The summed E-state index contributed by atoms with van der Waals surface area (Å²) in [5.41, 5.74) is 3.13. The highest BCUT2D eigenvalue weighted by atomic mass is 16.7. The first-order valence-corrected chi connectivity index (χ1v) is 8.98. The van der Waals surface area contributed by atoms with E-state index in [0.29, 0.717) is 25.3 Å². The van der Waals surface area contributed by atoms with E-state index in [-0.39, 0.29) is 16.7 Å². The van der Waals surface area contributed by atoms with Crippen LogP contribution in [0, 0.1) is 0 Å². The minimum Gasteiger partial charge on any atom is -0.507 e. The molecule has 0 unspecified atom stereocenters. The van der Waals surface area contributed by atoms with Crippen molar-refractivity contribution in [1.82, 2.24) is 5.06 Å². The van der Waals surface area contributed by atoms with Gasteiger partial charge in [-0.2, -0.15) is 0 Å². The smallest absolute Gasteiger partial charge is 0.273 e. The Morgan fingerprint density at radius 3 is 2.08 bits per heavy atom. The number of phenolic OH excluding ortho intramolecular Hbond substituents is 1. The molecule has 4 heteroatoms. The Labute approximate surface area is 151 Å². The van der Waals surface area contributed by atoms with Crippen LogP contribution in [0.15, 0.2) is 17.7 Å². The van der Waals surface area contributed by atoms with Gasteiger partial charge in [0.05, 0.1) is 6.61 Å². The quantitative estimate of drug-likeness (QED) is 0.800. The molecule has 1 aliphatic heterocycles. The van der Waals surface area contributed by atoms with Crippen LogP contribution < -0.4 is 0 Å². The number of hydrogen-bond donors (Lipinski definition) is 1. The van der Waals surface area contributed by atoms with E-state index in [0.717, 1.165) is 22.3 Å². The fourth-order valence-electron chi connectivity index (χ4n) is 3.05. The molecule has 1 fully saturated rings. The normalized spacial score (nSPS) is 18.1. The third kappa shape index (κ3) is 4.24. The standard InChI is InChI=1S/C21H31NO3/c1-8-22-19(24)15(9-10-25-22)11-14-12-16(20(2,3)4)18(23)17(13-14)21(5,6)7/h11-13,23H,8-10H2,1-7H3/b15-11-. The highest BCUT2D eigenvalue weighted by Crippen LogP contribution is 2.40. The number of hydrogen-bond acceptors (Lipinski definition) is 3. The molecule has 4 nitrogen and oxygen atoms in total. The predicted molar refractivity (Wildman–Crippen MR) is 101 cm³/mol. The molecule has 1 amide bonds. The van der Waals surface area contributed by atoms with Crippen molar-refractivity contribution in [3.05, 3.63) is 34.4 Å². The summed E-state index contributed by atoms with van der Waals surface area (Å²) in [4.78, 5) is 17.9. The lowest BCUT2D eigenvalue weighted by Gasteiger charge is -2.29. The summed E-state index contributed by atoms with van der Waals surface area (Å²) in [6.07, 6.45) is 2.54. The van der Waals surface area contributed by atoms with E-state index in [1.54, 1.807) is 0 Å². The molecule has 0 aliphatic carbocycles. The molecule has 0 spiro atoms. The zero-order valence-electron chi connectivity index (χ0n) is 16.6. The van der Waals surface area contributed by atoms with Crippen LogP contribution >= 0.6 is 0 Å². The topological polar surface area (TPSA) is 49.8 Å². The molecule has 0 aromatic heterocycles. The Balaban J connectivity index is 2.58. The minimum atomic E-state index is -0.187. The van der Waals surface area contributed by atoms with Crippen LogP contribution in [-0.4, -0.2) is 29.2 Å². The number of nitrogens with zero attached hydrogens (tertiary/aromatic N) is 1. The Morgan fingerprint density at radius 2 is 1.64 bits per heavy atom. The lowest BCUT2D eigenvalue weighted by molar-refractivity contribution is -0.188. The molecule has 0 atom stereocenters. The number of benzene rings is 1. The Kier molecular flexibility index (Phi) is 5.33. The summed E-state index contributed by atoms with van der Waals surface area (Å²) in [7, 11) is 0. The summed E-state index contributed by atoms with van der Waals surface area (Å²) in [5, 5.41) is 12.2. The number of hydroxylamine groups is 2. The van der Waals surface area contributed by atoms with E-state index >= 15 is 0 Å². The van der Waals surface area contributed by atoms with Crippen molar-refractivity contribution >= 4 is 12.0 Å². The van der Waals surface area contributed by atoms with E-state index in [2.05, 4.69) is 41.5 Å². The van der Waals surface area contributed by atoms with Crippen molar-refractivity contribution < 1.29 is 14.7 Å². The summed E-state index contributed by atoms with van der Waals surface area (Å²) in [5.74, 6) is 0.284. The summed E-state index contributed by atoms with van der Waals surface area (Å²) in [6, 6.07) is 3.99. The van der Waals surface area contributed by atoms with Crippen molar-refractivity contribution in [1.29, 1.82) is 0 Å². The summed E-state index contributed by atoms with van der Waals surface area (Å²) in [6.45, 7) is 15.5. The predicted octanol–water partition coefficient (Wildman–Crippen LogP) is 4.55. The molecule has 0 bridgehead atoms. The number of likely N-dealkylation sites (N-methyl/N-ethyl adjacent to an activating group) is 1. The molecule has 138 valence electrons. The van der Waals surface area contributed by atoms with Crippen LogP contribution in [-0.2, 0) is 20.5 Å². The average Bonchev–Trinajstić information content (AvgIpc) is 2.48. The number of amides is 1. The van der Waals surface area contributed by atoms with Gasteiger partial charge in [0.25, 0.3) is 5.91 Å². The lowest BCUT2D eigenvalue weighted by atomic mass is 9.78. The third-order valence-electron chi connectivity index (χ3n) is 4.50. The SMILES string of the molecule is CCN1OCC/C(=C/c2cc(C(C)(C)C)c(O)c(C(C)(C)C)c2)C1=O. The molecule has 1 saturated heterocycles. The van der Waals surface area contributed by atoms with Gasteiger partial charge >= 0.3 is 0 Å². The number of aromatic hydroxyl groups is 1. The molecular weight excluding hydrogens is 314 g/mol. The van der Waals surface area contributed by atoms with E-state index in [1.165, 1.54) is 5.06 Å². The van der Waals surface area contributed by atoms with Gasteiger partial charge < -0.3 is 5.11 Å². The van der Waals surface area contributed by atoms with Gasteiger partial charge in [-0.05, 0) is 41.5 Å². The summed E-state index contributed by atoms with van der Waals surface area (Å²) < 4.78 is 0. The lowest BCUT2D eigenvalue weighted by Crippen LogP contribution is -2.36. The first-order chi connectivity index (χ1) is 11.4. The van der Waals surface area contributed by atoms with Gasteiger partial charge in [-0.25, -0.2) is 5.06 Å². The van der Waals surface area contributed by atoms with Crippen LogP contribution in [0.5, 0.6) is 5.75 Å². The van der Waals surface area contributed by atoms with Crippen LogP contribution in [0.25, 0.3) is 6.08 Å². The van der Waals surface area contributed by atoms with Crippen LogP contribution in [0.3, 0.4) is 0 Å². The van der Waals surface area contributed by atoms with E-state index in [1.807, 2.05) is 25.1 Å². The van der Waals surface area contributed by atoms with E-state index < -0.39 is 0 Å². The van der Waals surface area contributed by atoms with Gasteiger partial charge in [-0.3, -0.25) is 9.63 Å². The fourth-order valence-corrected chi connectivity index (χ4v) is 3.05. The number of phenols is 1. The van der Waals surface area contributed by atoms with Gasteiger partial charge in [0.1, 0.15) is 5.75 Å².